The third-order valence-corrected chi connectivity index (χ3v) is 4.67. The summed E-state index contributed by atoms with van der Waals surface area (Å²) in [5.41, 5.74) is 9.83. The number of hydrogen-bond acceptors (Lipinski definition) is 4. The Morgan fingerprint density at radius 3 is 2.83 bits per heavy atom. The Morgan fingerprint density at radius 1 is 1.39 bits per heavy atom. The zero-order chi connectivity index (χ0) is 12.9. The number of aromatic nitrogens is 1. The van der Waals surface area contributed by atoms with Gasteiger partial charge in [-0.05, 0) is 38.8 Å². The number of fused-ring (bicyclic) bond motifs is 1. The predicted molar refractivity (Wildman–Crippen MR) is 78.5 cm³/mol. The largest absolute Gasteiger partial charge is 0.365 e. The third-order valence-electron chi connectivity index (χ3n) is 3.74. The van der Waals surface area contributed by atoms with Crippen molar-refractivity contribution >= 4 is 27.2 Å². The number of anilines is 1. The first-order chi connectivity index (χ1) is 8.56. The molecule has 0 spiro atoms. The number of hydrogen-bond donors (Lipinski definition) is 1. The first-order valence-electron chi connectivity index (χ1n) is 6.45. The van der Waals surface area contributed by atoms with Crippen LogP contribution in [-0.2, 0) is 0 Å². The maximum atomic E-state index is 6.09. The van der Waals surface area contributed by atoms with Gasteiger partial charge in [0.1, 0.15) is 5.52 Å². The molecule has 18 heavy (non-hydrogen) atoms. The third kappa shape index (κ3) is 1.80. The van der Waals surface area contributed by atoms with Crippen molar-refractivity contribution in [3.63, 3.8) is 0 Å². The van der Waals surface area contributed by atoms with Gasteiger partial charge in [0, 0.05) is 18.6 Å². The molecule has 0 amide bonds. The molecular formula is C14H19N3S. The van der Waals surface area contributed by atoms with E-state index in [1.54, 1.807) is 11.3 Å². The van der Waals surface area contributed by atoms with Crippen molar-refractivity contribution in [1.82, 2.24) is 4.98 Å². The first-order valence-corrected chi connectivity index (χ1v) is 7.27. The Hall–Kier alpha value is -1.13. The number of aryl methyl sites for hydroxylation is 2. The van der Waals surface area contributed by atoms with Crippen LogP contribution in [0.25, 0.3) is 10.2 Å². The SMILES string of the molecule is Cc1nc2c(N3C[C@@H](N)C[C@H]3C)c(C)ccc2s1. The minimum atomic E-state index is 0.286. The number of rotatable bonds is 1. The Kier molecular flexibility index (Phi) is 2.79. The molecule has 1 aromatic heterocycles. The van der Waals surface area contributed by atoms with Gasteiger partial charge in [-0.2, -0.15) is 0 Å². The van der Waals surface area contributed by atoms with E-state index in [-0.39, 0.29) is 6.04 Å². The summed E-state index contributed by atoms with van der Waals surface area (Å²) in [7, 11) is 0. The second-order valence-corrected chi connectivity index (χ2v) is 6.54. The van der Waals surface area contributed by atoms with Crippen molar-refractivity contribution in [3.05, 3.63) is 22.7 Å². The standard InChI is InChI=1S/C14H19N3S/c1-8-4-5-12-13(16-10(3)18-12)14(8)17-7-11(15)6-9(17)2/h4-5,9,11H,6-7,15H2,1-3H3/t9-,11+/m1/s1. The lowest BCUT2D eigenvalue weighted by molar-refractivity contribution is 0.690. The molecule has 96 valence electrons. The molecule has 3 nitrogen and oxygen atoms in total. The van der Waals surface area contributed by atoms with Gasteiger partial charge in [0.05, 0.1) is 15.4 Å². The summed E-state index contributed by atoms with van der Waals surface area (Å²) in [6.07, 6.45) is 1.07. The van der Waals surface area contributed by atoms with E-state index < -0.39 is 0 Å². The van der Waals surface area contributed by atoms with Gasteiger partial charge >= 0.3 is 0 Å². The second-order valence-electron chi connectivity index (χ2n) is 5.31. The molecule has 1 aromatic carbocycles. The highest BCUT2D eigenvalue weighted by molar-refractivity contribution is 7.18. The van der Waals surface area contributed by atoms with Gasteiger partial charge in [0.2, 0.25) is 0 Å². The molecule has 4 heteroatoms. The molecule has 1 aliphatic rings. The van der Waals surface area contributed by atoms with Crippen molar-refractivity contribution in [2.45, 2.75) is 39.3 Å². The molecule has 2 atom stereocenters. The highest BCUT2D eigenvalue weighted by Gasteiger charge is 2.29. The van der Waals surface area contributed by atoms with Gasteiger partial charge in [-0.15, -0.1) is 11.3 Å². The lowest BCUT2D eigenvalue weighted by Crippen LogP contribution is -2.29. The molecule has 1 saturated heterocycles. The van der Waals surface area contributed by atoms with Crippen molar-refractivity contribution in [1.29, 1.82) is 0 Å². The van der Waals surface area contributed by atoms with Crippen LogP contribution in [-0.4, -0.2) is 23.6 Å². The van der Waals surface area contributed by atoms with Gasteiger partial charge in [-0.3, -0.25) is 0 Å². The quantitative estimate of drug-likeness (QED) is 0.858. The highest BCUT2D eigenvalue weighted by atomic mass is 32.1. The Morgan fingerprint density at radius 2 is 2.17 bits per heavy atom. The van der Waals surface area contributed by atoms with Crippen LogP contribution < -0.4 is 10.6 Å². The number of thiazole rings is 1. The lowest BCUT2D eigenvalue weighted by atomic mass is 10.1. The maximum Gasteiger partial charge on any atom is 0.105 e. The average Bonchev–Trinajstić information content (AvgIpc) is 2.81. The van der Waals surface area contributed by atoms with E-state index in [9.17, 15) is 0 Å². The summed E-state index contributed by atoms with van der Waals surface area (Å²) in [5.74, 6) is 0. The van der Waals surface area contributed by atoms with Crippen LogP contribution in [0, 0.1) is 13.8 Å². The summed E-state index contributed by atoms with van der Waals surface area (Å²) in [6.45, 7) is 7.44. The van der Waals surface area contributed by atoms with Crippen molar-refractivity contribution in [3.8, 4) is 0 Å². The van der Waals surface area contributed by atoms with Crippen molar-refractivity contribution < 1.29 is 0 Å². The summed E-state index contributed by atoms with van der Waals surface area (Å²) in [6, 6.07) is 5.17. The van der Waals surface area contributed by atoms with Gasteiger partial charge < -0.3 is 10.6 Å². The van der Waals surface area contributed by atoms with Gasteiger partial charge in [0.15, 0.2) is 0 Å². The highest BCUT2D eigenvalue weighted by Crippen LogP contribution is 2.36. The molecule has 2 N–H and O–H groups in total. The Bertz CT molecular complexity index is 590. The van der Waals surface area contributed by atoms with Crippen LogP contribution in [0.5, 0.6) is 0 Å². The molecule has 0 bridgehead atoms. The Balaban J connectivity index is 2.18. The summed E-state index contributed by atoms with van der Waals surface area (Å²) in [4.78, 5) is 7.15. The topological polar surface area (TPSA) is 42.2 Å². The summed E-state index contributed by atoms with van der Waals surface area (Å²) in [5, 5.41) is 1.13. The molecule has 1 aliphatic heterocycles. The fourth-order valence-corrected chi connectivity index (χ4v) is 3.77. The van der Waals surface area contributed by atoms with E-state index in [0.29, 0.717) is 6.04 Å². The molecule has 3 rings (SSSR count). The van der Waals surface area contributed by atoms with Gasteiger partial charge in [-0.1, -0.05) is 6.07 Å². The van der Waals surface area contributed by atoms with Crippen LogP contribution >= 0.6 is 11.3 Å². The number of nitrogens with zero attached hydrogens (tertiary/aromatic N) is 2. The smallest absolute Gasteiger partial charge is 0.105 e. The van der Waals surface area contributed by atoms with E-state index in [1.807, 2.05) is 0 Å². The van der Waals surface area contributed by atoms with E-state index in [1.165, 1.54) is 16.0 Å². The van der Waals surface area contributed by atoms with Gasteiger partial charge in [0.25, 0.3) is 0 Å². The minimum Gasteiger partial charge on any atom is -0.365 e. The summed E-state index contributed by atoms with van der Waals surface area (Å²) >= 11 is 1.77. The molecule has 2 aromatic rings. The first kappa shape index (κ1) is 11.9. The van der Waals surface area contributed by atoms with Crippen LogP contribution in [0.15, 0.2) is 12.1 Å². The minimum absolute atomic E-state index is 0.286. The average molecular weight is 261 g/mol. The molecule has 0 saturated carbocycles. The normalized spacial score (nSPS) is 24.1. The Labute approximate surface area is 112 Å². The molecule has 0 radical (unpaired) electrons. The van der Waals surface area contributed by atoms with Crippen LogP contribution in [0.2, 0.25) is 0 Å². The van der Waals surface area contributed by atoms with Crippen molar-refractivity contribution in [2.24, 2.45) is 5.73 Å². The zero-order valence-electron chi connectivity index (χ0n) is 11.1. The van der Waals surface area contributed by atoms with Crippen LogP contribution in [0.4, 0.5) is 5.69 Å². The number of nitrogens with two attached hydrogens (primary N) is 1. The molecule has 0 aliphatic carbocycles. The van der Waals surface area contributed by atoms with Crippen molar-refractivity contribution in [2.75, 3.05) is 11.4 Å². The fourth-order valence-electron chi connectivity index (χ4n) is 2.94. The van der Waals surface area contributed by atoms with E-state index >= 15 is 0 Å². The molecule has 0 unspecified atom stereocenters. The van der Waals surface area contributed by atoms with E-state index in [0.717, 1.165) is 23.5 Å². The van der Waals surface area contributed by atoms with E-state index in [4.69, 9.17) is 10.7 Å². The van der Waals surface area contributed by atoms with E-state index in [2.05, 4.69) is 37.8 Å². The lowest BCUT2D eigenvalue weighted by Gasteiger charge is -2.25. The zero-order valence-corrected chi connectivity index (χ0v) is 11.9. The van der Waals surface area contributed by atoms with Crippen LogP contribution in [0.3, 0.4) is 0 Å². The predicted octanol–water partition coefficient (Wildman–Crippen LogP) is 2.84. The maximum absolute atomic E-state index is 6.09. The number of benzene rings is 1. The van der Waals surface area contributed by atoms with Crippen LogP contribution in [0.1, 0.15) is 23.9 Å². The second kappa shape index (κ2) is 4.21. The molecule has 1 fully saturated rings. The monoisotopic (exact) mass is 261 g/mol. The van der Waals surface area contributed by atoms with Gasteiger partial charge in [-0.25, -0.2) is 4.98 Å². The fraction of sp³-hybridized carbons (Fsp3) is 0.500. The molecule has 2 heterocycles. The summed E-state index contributed by atoms with van der Waals surface area (Å²) < 4.78 is 1.28. The molecular weight excluding hydrogens is 242 g/mol.